The first-order valence-corrected chi connectivity index (χ1v) is 9.81. The number of H-pyrrole nitrogens is 1. The van der Waals surface area contributed by atoms with Crippen LogP contribution in [-0.4, -0.2) is 32.1 Å². The molecule has 1 aromatic carbocycles. The van der Waals surface area contributed by atoms with Crippen LogP contribution in [0.5, 0.6) is 0 Å². The Morgan fingerprint density at radius 3 is 2.83 bits per heavy atom. The van der Waals surface area contributed by atoms with Crippen LogP contribution in [0.4, 0.5) is 10.3 Å². The maximum atomic E-state index is 14.5. The zero-order chi connectivity index (χ0) is 21.1. The van der Waals surface area contributed by atoms with E-state index in [2.05, 4.69) is 20.3 Å². The number of halogens is 1. The third-order valence-corrected chi connectivity index (χ3v) is 5.37. The highest BCUT2D eigenvalue weighted by Gasteiger charge is 2.27. The molecular weight excluding hydrogens is 387 g/mol. The van der Waals surface area contributed by atoms with Crippen molar-refractivity contribution in [3.8, 4) is 22.4 Å². The lowest BCUT2D eigenvalue weighted by Gasteiger charge is -2.27. The second-order valence-corrected chi connectivity index (χ2v) is 7.43. The van der Waals surface area contributed by atoms with Crippen LogP contribution in [0.25, 0.3) is 22.4 Å². The monoisotopic (exact) mass is 408 g/mol. The highest BCUT2D eigenvalue weighted by atomic mass is 19.1. The Balaban J connectivity index is 1.61. The number of benzene rings is 1. The summed E-state index contributed by atoms with van der Waals surface area (Å²) >= 11 is 0. The number of nitrogens with zero attached hydrogens (tertiary/aromatic N) is 2. The van der Waals surface area contributed by atoms with Gasteiger partial charge in [-0.1, -0.05) is 24.6 Å². The van der Waals surface area contributed by atoms with Gasteiger partial charge in [-0.15, -0.1) is 0 Å². The number of hydrogen-bond donors (Lipinski definition) is 3. The summed E-state index contributed by atoms with van der Waals surface area (Å²) in [5.74, 6) is -1.51. The molecule has 0 aliphatic heterocycles. The fourth-order valence-electron chi connectivity index (χ4n) is 3.85. The average molecular weight is 408 g/mol. The van der Waals surface area contributed by atoms with Gasteiger partial charge in [-0.05, 0) is 43.0 Å². The van der Waals surface area contributed by atoms with E-state index in [-0.39, 0.29) is 23.2 Å². The van der Waals surface area contributed by atoms with Gasteiger partial charge in [-0.2, -0.15) is 0 Å². The summed E-state index contributed by atoms with van der Waals surface area (Å²) in [6.07, 6.45) is 5.41. The first kappa shape index (κ1) is 19.8. The maximum Gasteiger partial charge on any atom is 0.306 e. The molecule has 7 nitrogen and oxygen atoms in total. The number of pyridine rings is 1. The number of nitrogens with one attached hydrogen (secondary N) is 2. The van der Waals surface area contributed by atoms with Crippen molar-refractivity contribution in [3.63, 3.8) is 0 Å². The van der Waals surface area contributed by atoms with Crippen molar-refractivity contribution in [3.05, 3.63) is 65.0 Å². The highest BCUT2D eigenvalue weighted by Crippen LogP contribution is 2.28. The molecule has 1 aliphatic rings. The van der Waals surface area contributed by atoms with Crippen molar-refractivity contribution in [2.75, 3.05) is 5.32 Å². The van der Waals surface area contributed by atoms with E-state index in [0.717, 1.165) is 19.0 Å². The maximum absolute atomic E-state index is 14.5. The summed E-state index contributed by atoms with van der Waals surface area (Å²) in [5, 5.41) is 12.4. The van der Waals surface area contributed by atoms with E-state index in [9.17, 15) is 19.1 Å². The van der Waals surface area contributed by atoms with E-state index < -0.39 is 17.7 Å². The first-order chi connectivity index (χ1) is 14.5. The van der Waals surface area contributed by atoms with Gasteiger partial charge < -0.3 is 15.4 Å². The van der Waals surface area contributed by atoms with Crippen LogP contribution in [0.15, 0.2) is 53.6 Å². The standard InChI is InChI=1S/C22H21FN4O3/c23-18-12-25-22(26-16-7-2-6-15(11-16)21(29)30)27-19(18)14-5-1-4-13(10-14)17-8-3-9-24-20(17)28/h1,3-5,8-10,12,15-16H,2,6-7,11H2,(H,24,28)(H,29,30)(H,25,26,27)/t15-,16+/m1/s1. The Morgan fingerprint density at radius 2 is 2.03 bits per heavy atom. The topological polar surface area (TPSA) is 108 Å². The van der Waals surface area contributed by atoms with E-state index in [1.54, 1.807) is 42.6 Å². The predicted molar refractivity (Wildman–Crippen MR) is 110 cm³/mol. The molecule has 0 spiro atoms. The molecule has 154 valence electrons. The number of carboxylic acid groups (broad SMARTS) is 1. The van der Waals surface area contributed by atoms with Gasteiger partial charge in [0.25, 0.3) is 5.56 Å². The number of carbonyl (C=O) groups is 1. The van der Waals surface area contributed by atoms with E-state index >= 15 is 0 Å². The molecule has 0 amide bonds. The molecule has 3 aromatic rings. The average Bonchev–Trinajstić information content (AvgIpc) is 2.76. The van der Waals surface area contributed by atoms with Crippen molar-refractivity contribution in [2.45, 2.75) is 31.7 Å². The molecule has 1 fully saturated rings. The van der Waals surface area contributed by atoms with Crippen molar-refractivity contribution in [2.24, 2.45) is 5.92 Å². The van der Waals surface area contributed by atoms with Crippen LogP contribution in [0.3, 0.4) is 0 Å². The number of hydrogen-bond acceptors (Lipinski definition) is 5. The molecule has 4 rings (SSSR count). The highest BCUT2D eigenvalue weighted by molar-refractivity contribution is 5.71. The molecule has 0 radical (unpaired) electrons. The summed E-state index contributed by atoms with van der Waals surface area (Å²) in [6, 6.07) is 10.3. The van der Waals surface area contributed by atoms with Crippen LogP contribution >= 0.6 is 0 Å². The minimum absolute atomic E-state index is 0.0765. The van der Waals surface area contributed by atoms with Gasteiger partial charge in [0.05, 0.1) is 12.1 Å². The minimum atomic E-state index is -0.796. The molecule has 0 unspecified atom stereocenters. The zero-order valence-corrected chi connectivity index (χ0v) is 16.1. The number of carboxylic acids is 1. The third-order valence-electron chi connectivity index (χ3n) is 5.37. The second kappa shape index (κ2) is 8.44. The van der Waals surface area contributed by atoms with Crippen LogP contribution in [0, 0.1) is 11.7 Å². The number of aliphatic carboxylic acids is 1. The lowest BCUT2D eigenvalue weighted by molar-refractivity contribution is -0.142. The van der Waals surface area contributed by atoms with Crippen LogP contribution in [0.1, 0.15) is 25.7 Å². The Labute approximate surface area is 172 Å². The third kappa shape index (κ3) is 4.22. The van der Waals surface area contributed by atoms with Crippen molar-refractivity contribution < 1.29 is 14.3 Å². The first-order valence-electron chi connectivity index (χ1n) is 9.81. The van der Waals surface area contributed by atoms with Gasteiger partial charge in [-0.25, -0.2) is 14.4 Å². The van der Waals surface area contributed by atoms with Crippen molar-refractivity contribution >= 4 is 11.9 Å². The molecule has 2 heterocycles. The van der Waals surface area contributed by atoms with Crippen LogP contribution in [-0.2, 0) is 4.79 Å². The van der Waals surface area contributed by atoms with Gasteiger partial charge >= 0.3 is 5.97 Å². The Bertz CT molecular complexity index is 1130. The molecule has 1 saturated carbocycles. The molecule has 2 atom stereocenters. The number of anilines is 1. The van der Waals surface area contributed by atoms with E-state index in [4.69, 9.17) is 0 Å². The molecule has 2 aromatic heterocycles. The summed E-state index contributed by atoms with van der Waals surface area (Å²) in [5.41, 5.74) is 1.54. The molecule has 0 bridgehead atoms. The number of rotatable bonds is 5. The normalized spacial score (nSPS) is 18.7. The van der Waals surface area contributed by atoms with Crippen molar-refractivity contribution in [1.29, 1.82) is 0 Å². The van der Waals surface area contributed by atoms with Crippen LogP contribution < -0.4 is 10.9 Å². The molecule has 30 heavy (non-hydrogen) atoms. The van der Waals surface area contributed by atoms with Gasteiger partial charge in [0.2, 0.25) is 5.95 Å². The summed E-state index contributed by atoms with van der Waals surface area (Å²) < 4.78 is 14.5. The number of aromatic nitrogens is 3. The Morgan fingerprint density at radius 1 is 1.20 bits per heavy atom. The van der Waals surface area contributed by atoms with Gasteiger partial charge in [-0.3, -0.25) is 9.59 Å². The minimum Gasteiger partial charge on any atom is -0.481 e. The second-order valence-electron chi connectivity index (χ2n) is 7.43. The molecule has 1 aliphatic carbocycles. The lowest BCUT2D eigenvalue weighted by atomic mass is 9.86. The summed E-state index contributed by atoms with van der Waals surface area (Å²) in [6.45, 7) is 0. The molecule has 0 saturated heterocycles. The van der Waals surface area contributed by atoms with Crippen LogP contribution in [0.2, 0.25) is 0 Å². The Hall–Kier alpha value is -3.55. The van der Waals surface area contributed by atoms with Gasteiger partial charge in [0, 0.05) is 23.4 Å². The van der Waals surface area contributed by atoms with E-state index in [0.29, 0.717) is 29.5 Å². The predicted octanol–water partition coefficient (Wildman–Crippen LogP) is 3.69. The fraction of sp³-hybridized carbons (Fsp3) is 0.273. The lowest BCUT2D eigenvalue weighted by Crippen LogP contribution is -2.31. The van der Waals surface area contributed by atoms with Gasteiger partial charge in [0.15, 0.2) is 5.82 Å². The Kier molecular flexibility index (Phi) is 5.56. The summed E-state index contributed by atoms with van der Waals surface area (Å²) in [7, 11) is 0. The van der Waals surface area contributed by atoms with E-state index in [1.807, 2.05) is 0 Å². The van der Waals surface area contributed by atoms with Gasteiger partial charge in [0.1, 0.15) is 5.69 Å². The SMILES string of the molecule is O=C(O)[C@@H]1CCC[C@H](Nc2ncc(F)c(-c3cccc(-c4ccc[nH]c4=O)c3)n2)C1. The molecular formula is C22H21FN4O3. The largest absolute Gasteiger partial charge is 0.481 e. The van der Waals surface area contributed by atoms with Crippen molar-refractivity contribution in [1.82, 2.24) is 15.0 Å². The smallest absolute Gasteiger partial charge is 0.306 e. The molecule has 8 heteroatoms. The molecule has 3 N–H and O–H groups in total. The fourth-order valence-corrected chi connectivity index (χ4v) is 3.85. The van der Waals surface area contributed by atoms with E-state index in [1.165, 1.54) is 0 Å². The number of aromatic amines is 1. The zero-order valence-electron chi connectivity index (χ0n) is 16.1. The summed E-state index contributed by atoms with van der Waals surface area (Å²) in [4.78, 5) is 34.3. The quantitative estimate of drug-likeness (QED) is 0.594.